The number of benzene rings is 2. The molecule has 5 rings (SSSR count). The molecule has 37 heavy (non-hydrogen) atoms. The Bertz CT molecular complexity index is 1180. The van der Waals surface area contributed by atoms with E-state index in [9.17, 15) is 9.59 Å². The third-order valence-electron chi connectivity index (χ3n) is 7.46. The van der Waals surface area contributed by atoms with Gasteiger partial charge in [-0.2, -0.15) is 5.10 Å². The van der Waals surface area contributed by atoms with Crippen molar-refractivity contribution in [2.75, 3.05) is 43.5 Å². The van der Waals surface area contributed by atoms with E-state index < -0.39 is 6.10 Å². The molecule has 2 aromatic carbocycles. The van der Waals surface area contributed by atoms with Gasteiger partial charge in [0.2, 0.25) is 5.91 Å². The Morgan fingerprint density at radius 1 is 0.946 bits per heavy atom. The lowest BCUT2D eigenvalue weighted by atomic mass is 9.89. The van der Waals surface area contributed by atoms with Gasteiger partial charge in [0.15, 0.2) is 11.9 Å². The van der Waals surface area contributed by atoms with E-state index in [1.54, 1.807) is 13.3 Å². The Labute approximate surface area is 217 Å². The van der Waals surface area contributed by atoms with Gasteiger partial charge in [-0.3, -0.25) is 9.59 Å². The molecule has 0 unspecified atom stereocenters. The minimum absolute atomic E-state index is 0.0231. The highest BCUT2D eigenvalue weighted by Crippen LogP contribution is 2.31. The first kappa shape index (κ1) is 24.9. The maximum absolute atomic E-state index is 13.1. The lowest BCUT2D eigenvalue weighted by Crippen LogP contribution is -2.41. The summed E-state index contributed by atoms with van der Waals surface area (Å²) in [6, 6.07) is 21.6. The Balaban J connectivity index is 1.12. The number of hydrogen-bond acceptors (Lipinski definition) is 6. The van der Waals surface area contributed by atoms with Gasteiger partial charge < -0.3 is 19.9 Å². The number of nitrogens with zero attached hydrogens (tertiary/aromatic N) is 4. The molecule has 3 aromatic rings. The van der Waals surface area contributed by atoms with Gasteiger partial charge in [0.1, 0.15) is 0 Å². The summed E-state index contributed by atoms with van der Waals surface area (Å²) in [7, 11) is 1.59. The highest BCUT2D eigenvalue weighted by molar-refractivity contribution is 5.93. The largest absolute Gasteiger partial charge is 0.367 e. The van der Waals surface area contributed by atoms with Crippen LogP contribution in [-0.4, -0.2) is 60.2 Å². The third kappa shape index (κ3) is 5.80. The van der Waals surface area contributed by atoms with Crippen molar-refractivity contribution in [3.63, 3.8) is 0 Å². The standard InChI is InChI=1S/C29H33N5O3/c1-37-27(23-6-3-2-4-7-23)29(36)33-17-13-22(14-18-33)21-9-11-25(12-10-21)31-28(35)24-15-19-34(20-24)26-8-5-16-30-32-26/h2-12,16,22,24,27H,13-15,17-20H2,1H3,(H,31,35)/t24-,27+/m0/s1. The van der Waals surface area contributed by atoms with Gasteiger partial charge in [-0.05, 0) is 60.6 Å². The first-order valence-electron chi connectivity index (χ1n) is 12.9. The Hall–Kier alpha value is -3.78. The molecule has 0 aliphatic carbocycles. The number of nitrogens with one attached hydrogen (secondary N) is 1. The van der Waals surface area contributed by atoms with E-state index in [2.05, 4.69) is 32.5 Å². The van der Waals surface area contributed by atoms with Crippen molar-refractivity contribution in [3.8, 4) is 0 Å². The molecule has 1 aromatic heterocycles. The zero-order chi connectivity index (χ0) is 25.6. The summed E-state index contributed by atoms with van der Waals surface area (Å²) < 4.78 is 5.54. The van der Waals surface area contributed by atoms with Gasteiger partial charge in [0.25, 0.3) is 5.91 Å². The highest BCUT2D eigenvalue weighted by Gasteiger charge is 2.31. The number of ether oxygens (including phenoxy) is 1. The summed E-state index contributed by atoms with van der Waals surface area (Å²) in [6.07, 6.45) is 3.70. The van der Waals surface area contributed by atoms with E-state index >= 15 is 0 Å². The minimum atomic E-state index is -0.562. The van der Waals surface area contributed by atoms with Crippen LogP contribution in [0.4, 0.5) is 11.5 Å². The Morgan fingerprint density at radius 2 is 1.70 bits per heavy atom. The van der Waals surface area contributed by atoms with Crippen LogP contribution in [0.15, 0.2) is 72.9 Å². The second-order valence-electron chi connectivity index (χ2n) is 9.75. The van der Waals surface area contributed by atoms with Crippen LogP contribution in [0.25, 0.3) is 0 Å². The second-order valence-corrected chi connectivity index (χ2v) is 9.75. The van der Waals surface area contributed by atoms with Gasteiger partial charge in [-0.25, -0.2) is 0 Å². The maximum Gasteiger partial charge on any atom is 0.256 e. The third-order valence-corrected chi connectivity index (χ3v) is 7.46. The number of amides is 2. The van der Waals surface area contributed by atoms with Gasteiger partial charge in [-0.1, -0.05) is 42.5 Å². The lowest BCUT2D eigenvalue weighted by Gasteiger charge is -2.34. The fraction of sp³-hybridized carbons (Fsp3) is 0.379. The van der Waals surface area contributed by atoms with Gasteiger partial charge in [0, 0.05) is 45.2 Å². The van der Waals surface area contributed by atoms with Crippen molar-refractivity contribution in [2.24, 2.45) is 5.92 Å². The lowest BCUT2D eigenvalue weighted by molar-refractivity contribution is -0.143. The zero-order valence-corrected chi connectivity index (χ0v) is 21.1. The van der Waals surface area contributed by atoms with Crippen LogP contribution in [0.2, 0.25) is 0 Å². The highest BCUT2D eigenvalue weighted by atomic mass is 16.5. The molecule has 192 valence electrons. The fourth-order valence-electron chi connectivity index (χ4n) is 5.33. The molecule has 8 heteroatoms. The molecule has 2 saturated heterocycles. The molecule has 2 atom stereocenters. The molecule has 8 nitrogen and oxygen atoms in total. The van der Waals surface area contributed by atoms with E-state index in [0.717, 1.165) is 42.9 Å². The molecule has 0 bridgehead atoms. The number of likely N-dealkylation sites (tertiary alicyclic amines) is 1. The van der Waals surface area contributed by atoms with Crippen LogP contribution in [0, 0.1) is 5.92 Å². The van der Waals surface area contributed by atoms with Crippen LogP contribution in [0.1, 0.15) is 42.4 Å². The number of methoxy groups -OCH3 is 1. The smallest absolute Gasteiger partial charge is 0.256 e. The quantitative estimate of drug-likeness (QED) is 0.528. The number of carbonyl (C=O) groups excluding carboxylic acids is 2. The van der Waals surface area contributed by atoms with Crippen molar-refractivity contribution in [1.82, 2.24) is 15.1 Å². The number of hydrogen-bond donors (Lipinski definition) is 1. The average molecular weight is 500 g/mol. The molecular weight excluding hydrogens is 466 g/mol. The van der Waals surface area contributed by atoms with E-state index in [4.69, 9.17) is 4.74 Å². The predicted octanol–water partition coefficient (Wildman–Crippen LogP) is 4.04. The summed E-state index contributed by atoms with van der Waals surface area (Å²) >= 11 is 0. The zero-order valence-electron chi connectivity index (χ0n) is 21.1. The number of aromatic nitrogens is 2. The second kappa shape index (κ2) is 11.5. The van der Waals surface area contributed by atoms with E-state index in [-0.39, 0.29) is 17.7 Å². The number of anilines is 2. The van der Waals surface area contributed by atoms with Crippen LogP contribution >= 0.6 is 0 Å². The van der Waals surface area contributed by atoms with Crippen LogP contribution < -0.4 is 10.2 Å². The van der Waals surface area contributed by atoms with Crippen molar-refractivity contribution >= 4 is 23.3 Å². The predicted molar refractivity (Wildman–Crippen MR) is 142 cm³/mol. The van der Waals surface area contributed by atoms with Gasteiger partial charge in [0.05, 0.1) is 5.92 Å². The molecule has 2 fully saturated rings. The van der Waals surface area contributed by atoms with E-state index in [0.29, 0.717) is 25.6 Å². The SMILES string of the molecule is CO[C@@H](C(=O)N1CCC(c2ccc(NC(=O)[C@H]3CCN(c4cccnn4)C3)cc2)CC1)c1ccccc1. The average Bonchev–Trinajstić information content (AvgIpc) is 3.46. The first-order valence-corrected chi connectivity index (χ1v) is 12.9. The van der Waals surface area contributed by atoms with E-state index in [1.807, 2.05) is 59.5 Å². The van der Waals surface area contributed by atoms with E-state index in [1.165, 1.54) is 5.56 Å². The van der Waals surface area contributed by atoms with Crippen LogP contribution in [-0.2, 0) is 14.3 Å². The van der Waals surface area contributed by atoms with Gasteiger partial charge in [-0.15, -0.1) is 5.10 Å². The monoisotopic (exact) mass is 499 g/mol. The van der Waals surface area contributed by atoms with Gasteiger partial charge >= 0.3 is 0 Å². The van der Waals surface area contributed by atoms with Crippen LogP contribution in [0.3, 0.4) is 0 Å². The Morgan fingerprint density at radius 3 is 2.38 bits per heavy atom. The summed E-state index contributed by atoms with van der Waals surface area (Å²) in [5.74, 6) is 1.19. The number of rotatable bonds is 7. The summed E-state index contributed by atoms with van der Waals surface area (Å²) in [5, 5.41) is 11.2. The summed E-state index contributed by atoms with van der Waals surface area (Å²) in [6.45, 7) is 2.86. The van der Waals surface area contributed by atoms with Crippen molar-refractivity contribution < 1.29 is 14.3 Å². The first-order chi connectivity index (χ1) is 18.1. The summed E-state index contributed by atoms with van der Waals surface area (Å²) in [5.41, 5.74) is 2.94. The minimum Gasteiger partial charge on any atom is -0.367 e. The van der Waals surface area contributed by atoms with Crippen molar-refractivity contribution in [1.29, 1.82) is 0 Å². The van der Waals surface area contributed by atoms with Crippen molar-refractivity contribution in [3.05, 3.63) is 84.1 Å². The molecule has 2 amide bonds. The van der Waals surface area contributed by atoms with Crippen LogP contribution in [0.5, 0.6) is 0 Å². The normalized spacial score (nSPS) is 19.0. The fourth-order valence-corrected chi connectivity index (χ4v) is 5.33. The topological polar surface area (TPSA) is 87.7 Å². The molecule has 0 spiro atoms. The summed E-state index contributed by atoms with van der Waals surface area (Å²) in [4.78, 5) is 29.9. The molecule has 1 N–H and O–H groups in total. The maximum atomic E-state index is 13.1. The molecular formula is C29H33N5O3. The number of carbonyl (C=O) groups is 2. The molecule has 0 saturated carbocycles. The molecule has 2 aliphatic rings. The van der Waals surface area contributed by atoms with Crippen molar-refractivity contribution in [2.45, 2.75) is 31.3 Å². The Kier molecular flexibility index (Phi) is 7.75. The molecule has 3 heterocycles. The molecule has 0 radical (unpaired) electrons. The number of piperidine rings is 1. The molecule has 2 aliphatic heterocycles.